The lowest BCUT2D eigenvalue weighted by Crippen LogP contribution is -2.35. The number of benzene rings is 1. The molecule has 1 aliphatic heterocycles. The number of amides is 1. The summed E-state index contributed by atoms with van der Waals surface area (Å²) < 4.78 is 10.6. The van der Waals surface area contributed by atoms with Gasteiger partial charge in [-0.05, 0) is 51.3 Å². The van der Waals surface area contributed by atoms with E-state index < -0.39 is 35.5 Å². The zero-order valence-electron chi connectivity index (χ0n) is 18.2. The molecule has 0 aliphatic carbocycles. The summed E-state index contributed by atoms with van der Waals surface area (Å²) >= 11 is 6.44. The van der Waals surface area contributed by atoms with Crippen molar-refractivity contribution >= 4 is 29.6 Å². The molecule has 30 heavy (non-hydrogen) atoms. The van der Waals surface area contributed by atoms with Crippen LogP contribution in [0.5, 0.6) is 0 Å². The first kappa shape index (κ1) is 24.0. The monoisotopic (exact) mass is 439 g/mol. The van der Waals surface area contributed by atoms with Crippen LogP contribution in [0.3, 0.4) is 0 Å². The van der Waals surface area contributed by atoms with Gasteiger partial charge in [-0.15, -0.1) is 0 Å². The number of rotatable bonds is 6. The third-order valence-electron chi connectivity index (χ3n) is 4.89. The number of likely N-dealkylation sites (tertiary alicyclic amines) is 1. The number of nitrogens with zero attached hydrogens (tertiary/aromatic N) is 1. The Morgan fingerprint density at radius 3 is 2.40 bits per heavy atom. The standard InChI is InChI=1S/C22H30ClNO6/c1-6-8-13-9-14(18(17(23)10-13)20(27)29-7-2)15-11-24(12-16(15)19(25)26)21(28)30-22(3,4)5/h9-10,15-16H,6-8,11-12H2,1-5H3,(H,25,26)/t15-,16+/m0/s1. The Labute approximate surface area is 182 Å². The van der Waals surface area contributed by atoms with Crippen LogP contribution in [0.4, 0.5) is 4.79 Å². The molecule has 1 aromatic rings. The van der Waals surface area contributed by atoms with Gasteiger partial charge in [0.2, 0.25) is 0 Å². The summed E-state index contributed by atoms with van der Waals surface area (Å²) in [4.78, 5) is 38.6. The molecule has 1 heterocycles. The van der Waals surface area contributed by atoms with Crippen molar-refractivity contribution in [3.63, 3.8) is 0 Å². The van der Waals surface area contributed by atoms with Crippen LogP contribution in [0.15, 0.2) is 12.1 Å². The van der Waals surface area contributed by atoms with E-state index in [1.54, 1.807) is 33.8 Å². The highest BCUT2D eigenvalue weighted by molar-refractivity contribution is 6.33. The minimum atomic E-state index is -1.04. The first-order chi connectivity index (χ1) is 14.0. The summed E-state index contributed by atoms with van der Waals surface area (Å²) in [5.41, 5.74) is 0.878. The van der Waals surface area contributed by atoms with Gasteiger partial charge in [0.25, 0.3) is 0 Å². The maximum Gasteiger partial charge on any atom is 0.410 e. The quantitative estimate of drug-likeness (QED) is 0.655. The van der Waals surface area contributed by atoms with Crippen LogP contribution >= 0.6 is 11.6 Å². The predicted molar refractivity (Wildman–Crippen MR) is 113 cm³/mol. The molecule has 0 unspecified atom stereocenters. The van der Waals surface area contributed by atoms with Gasteiger partial charge in [-0.2, -0.15) is 0 Å². The number of aliphatic carboxylic acids is 1. The third-order valence-corrected chi connectivity index (χ3v) is 5.19. The fourth-order valence-corrected chi connectivity index (χ4v) is 4.00. The van der Waals surface area contributed by atoms with Crippen molar-refractivity contribution in [1.29, 1.82) is 0 Å². The molecule has 0 radical (unpaired) electrons. The van der Waals surface area contributed by atoms with Crippen LogP contribution < -0.4 is 0 Å². The Balaban J connectivity index is 2.51. The lowest BCUT2D eigenvalue weighted by atomic mass is 9.84. The Kier molecular flexibility index (Phi) is 7.75. The highest BCUT2D eigenvalue weighted by atomic mass is 35.5. The van der Waals surface area contributed by atoms with Gasteiger partial charge in [-0.3, -0.25) is 4.79 Å². The maximum absolute atomic E-state index is 12.6. The van der Waals surface area contributed by atoms with E-state index in [1.165, 1.54) is 4.90 Å². The van der Waals surface area contributed by atoms with Crippen molar-refractivity contribution in [2.45, 2.75) is 59.0 Å². The van der Waals surface area contributed by atoms with Gasteiger partial charge in [-0.1, -0.05) is 31.0 Å². The van der Waals surface area contributed by atoms with Gasteiger partial charge >= 0.3 is 18.0 Å². The highest BCUT2D eigenvalue weighted by Gasteiger charge is 2.43. The van der Waals surface area contributed by atoms with E-state index in [-0.39, 0.29) is 30.3 Å². The van der Waals surface area contributed by atoms with Crippen LogP contribution in [-0.4, -0.2) is 53.3 Å². The molecule has 0 saturated carbocycles. The number of aryl methyl sites for hydroxylation is 1. The van der Waals surface area contributed by atoms with Gasteiger partial charge in [0.15, 0.2) is 0 Å². The number of hydrogen-bond donors (Lipinski definition) is 1. The van der Waals surface area contributed by atoms with Crippen LogP contribution in [-0.2, 0) is 20.7 Å². The average molecular weight is 440 g/mol. The van der Waals surface area contributed by atoms with Crippen molar-refractivity contribution < 1.29 is 29.0 Å². The molecule has 2 rings (SSSR count). The molecule has 1 aromatic carbocycles. The normalized spacial score (nSPS) is 18.9. The van der Waals surface area contributed by atoms with Gasteiger partial charge in [0, 0.05) is 19.0 Å². The summed E-state index contributed by atoms with van der Waals surface area (Å²) in [6, 6.07) is 3.54. The van der Waals surface area contributed by atoms with Crippen LogP contribution in [0.25, 0.3) is 0 Å². The molecule has 1 saturated heterocycles. The second-order valence-corrected chi connectivity index (χ2v) is 8.86. The predicted octanol–water partition coefficient (Wildman–Crippen LogP) is 4.50. The van der Waals surface area contributed by atoms with E-state index in [2.05, 4.69) is 0 Å². The molecule has 7 nitrogen and oxygen atoms in total. The molecule has 1 amide bonds. The van der Waals surface area contributed by atoms with E-state index in [4.69, 9.17) is 21.1 Å². The molecule has 1 aliphatic rings. The Morgan fingerprint density at radius 2 is 1.87 bits per heavy atom. The van der Waals surface area contributed by atoms with Crippen molar-refractivity contribution in [1.82, 2.24) is 4.90 Å². The minimum absolute atomic E-state index is 0.00714. The van der Waals surface area contributed by atoms with E-state index >= 15 is 0 Å². The number of carboxylic acids is 1. The van der Waals surface area contributed by atoms with Gasteiger partial charge in [0.05, 0.1) is 23.1 Å². The molecule has 8 heteroatoms. The van der Waals surface area contributed by atoms with Crippen molar-refractivity contribution in [3.05, 3.63) is 33.8 Å². The first-order valence-electron chi connectivity index (χ1n) is 10.2. The smallest absolute Gasteiger partial charge is 0.410 e. The van der Waals surface area contributed by atoms with Crippen LogP contribution in [0.2, 0.25) is 5.02 Å². The Morgan fingerprint density at radius 1 is 1.20 bits per heavy atom. The number of carbonyl (C=O) groups excluding carboxylic acids is 2. The van der Waals surface area contributed by atoms with Crippen molar-refractivity contribution in [2.75, 3.05) is 19.7 Å². The van der Waals surface area contributed by atoms with E-state index in [1.807, 2.05) is 13.0 Å². The Bertz CT molecular complexity index is 817. The van der Waals surface area contributed by atoms with Gasteiger partial charge in [-0.25, -0.2) is 9.59 Å². The molecular weight excluding hydrogens is 410 g/mol. The Hall–Kier alpha value is -2.28. The summed E-state index contributed by atoms with van der Waals surface area (Å²) in [6.07, 6.45) is 1.02. The summed E-state index contributed by atoms with van der Waals surface area (Å²) in [7, 11) is 0. The second kappa shape index (κ2) is 9.69. The topological polar surface area (TPSA) is 93.1 Å². The van der Waals surface area contributed by atoms with E-state index in [0.717, 1.165) is 18.4 Å². The SMILES string of the molecule is CCCc1cc(Cl)c(C(=O)OCC)c([C@@H]2CN(C(=O)OC(C)(C)C)C[C@H]2C(=O)O)c1. The molecule has 0 aromatic heterocycles. The molecule has 0 bridgehead atoms. The number of carbonyl (C=O) groups is 3. The lowest BCUT2D eigenvalue weighted by Gasteiger charge is -2.24. The largest absolute Gasteiger partial charge is 0.481 e. The zero-order chi connectivity index (χ0) is 22.6. The summed E-state index contributed by atoms with van der Waals surface area (Å²) in [5, 5.41) is 10.1. The van der Waals surface area contributed by atoms with Crippen LogP contribution in [0.1, 0.15) is 68.4 Å². The maximum atomic E-state index is 12.6. The highest BCUT2D eigenvalue weighted by Crippen LogP contribution is 2.39. The number of halogens is 1. The van der Waals surface area contributed by atoms with Gasteiger partial charge in [0.1, 0.15) is 5.60 Å². The lowest BCUT2D eigenvalue weighted by molar-refractivity contribution is -0.141. The second-order valence-electron chi connectivity index (χ2n) is 8.45. The summed E-state index contributed by atoms with van der Waals surface area (Å²) in [5.74, 6) is -3.14. The average Bonchev–Trinajstić information content (AvgIpc) is 3.06. The van der Waals surface area contributed by atoms with Gasteiger partial charge < -0.3 is 19.5 Å². The first-order valence-corrected chi connectivity index (χ1v) is 10.6. The van der Waals surface area contributed by atoms with E-state index in [9.17, 15) is 19.5 Å². The number of carboxylic acid groups (broad SMARTS) is 1. The molecule has 1 fully saturated rings. The fraction of sp³-hybridized carbons (Fsp3) is 0.591. The third kappa shape index (κ3) is 5.65. The number of esters is 1. The number of hydrogen-bond acceptors (Lipinski definition) is 5. The fourth-order valence-electron chi connectivity index (χ4n) is 3.68. The molecule has 0 spiro atoms. The van der Waals surface area contributed by atoms with Crippen molar-refractivity contribution in [2.24, 2.45) is 5.92 Å². The number of ether oxygens (including phenoxy) is 2. The molecule has 1 N–H and O–H groups in total. The minimum Gasteiger partial charge on any atom is -0.481 e. The molecular formula is C22H30ClNO6. The van der Waals surface area contributed by atoms with Crippen molar-refractivity contribution in [3.8, 4) is 0 Å². The zero-order valence-corrected chi connectivity index (χ0v) is 18.9. The van der Waals surface area contributed by atoms with E-state index in [0.29, 0.717) is 5.56 Å². The van der Waals surface area contributed by atoms with Crippen LogP contribution in [0, 0.1) is 5.92 Å². The molecule has 2 atom stereocenters. The summed E-state index contributed by atoms with van der Waals surface area (Å²) in [6.45, 7) is 9.24. The molecule has 166 valence electrons.